The van der Waals surface area contributed by atoms with E-state index in [1.165, 1.54) is 31.7 Å². The second kappa shape index (κ2) is 5.18. The van der Waals surface area contributed by atoms with E-state index in [0.717, 1.165) is 11.5 Å². The van der Waals surface area contributed by atoms with Crippen LogP contribution in [-0.4, -0.2) is 0 Å². The van der Waals surface area contributed by atoms with E-state index in [1.807, 2.05) is 12.1 Å². The van der Waals surface area contributed by atoms with Crippen LogP contribution in [0, 0.1) is 24.6 Å². The molecule has 1 aromatic rings. The summed E-state index contributed by atoms with van der Waals surface area (Å²) in [6, 6.07) is 5.35. The summed E-state index contributed by atoms with van der Waals surface area (Å²) < 4.78 is 13.2. The van der Waals surface area contributed by atoms with Crippen LogP contribution in [0.3, 0.4) is 0 Å². The first-order valence-electron chi connectivity index (χ1n) is 6.59. The van der Waals surface area contributed by atoms with Gasteiger partial charge in [-0.15, -0.1) is 0 Å². The minimum Gasteiger partial charge on any atom is -0.324 e. The molecule has 2 heteroatoms. The maximum absolute atomic E-state index is 13.2. The first-order chi connectivity index (χ1) is 8.08. The molecule has 2 N–H and O–H groups in total. The summed E-state index contributed by atoms with van der Waals surface area (Å²) in [5.41, 5.74) is 8.09. The van der Waals surface area contributed by atoms with Crippen molar-refractivity contribution in [1.82, 2.24) is 0 Å². The molecule has 1 aromatic carbocycles. The first-order valence-corrected chi connectivity index (χ1v) is 6.59. The van der Waals surface area contributed by atoms with Gasteiger partial charge in [-0.3, -0.25) is 0 Å². The zero-order valence-corrected chi connectivity index (χ0v) is 10.7. The third-order valence-corrected chi connectivity index (χ3v) is 4.14. The highest BCUT2D eigenvalue weighted by Crippen LogP contribution is 2.35. The highest BCUT2D eigenvalue weighted by Gasteiger charge is 2.24. The highest BCUT2D eigenvalue weighted by atomic mass is 19.1. The minimum absolute atomic E-state index is 0.0711. The number of hydrogen-bond donors (Lipinski definition) is 1. The lowest BCUT2D eigenvalue weighted by atomic mass is 9.77. The summed E-state index contributed by atoms with van der Waals surface area (Å²) >= 11 is 0. The Hall–Kier alpha value is -0.890. The molecule has 2 rings (SSSR count). The molecular formula is C15H22FN. The number of halogens is 1. The Morgan fingerprint density at radius 2 is 1.88 bits per heavy atom. The van der Waals surface area contributed by atoms with E-state index in [2.05, 4.69) is 6.92 Å². The monoisotopic (exact) mass is 235 g/mol. The molecule has 0 heterocycles. The topological polar surface area (TPSA) is 26.0 Å². The molecule has 1 atom stereocenters. The Morgan fingerprint density at radius 3 is 2.47 bits per heavy atom. The van der Waals surface area contributed by atoms with Crippen molar-refractivity contribution in [2.75, 3.05) is 0 Å². The number of hydrogen-bond acceptors (Lipinski definition) is 1. The summed E-state index contributed by atoms with van der Waals surface area (Å²) in [6.07, 6.45) is 4.97. The molecule has 0 aromatic heterocycles. The van der Waals surface area contributed by atoms with E-state index in [1.54, 1.807) is 6.92 Å². The fourth-order valence-electron chi connectivity index (χ4n) is 2.79. The second-order valence-electron chi connectivity index (χ2n) is 5.55. The third kappa shape index (κ3) is 2.86. The van der Waals surface area contributed by atoms with Gasteiger partial charge in [0, 0.05) is 6.04 Å². The second-order valence-corrected chi connectivity index (χ2v) is 5.55. The van der Waals surface area contributed by atoms with Crippen LogP contribution in [0.5, 0.6) is 0 Å². The van der Waals surface area contributed by atoms with Crippen LogP contribution in [-0.2, 0) is 0 Å². The summed E-state index contributed by atoms with van der Waals surface area (Å²) in [5.74, 6) is 1.27. The van der Waals surface area contributed by atoms with Gasteiger partial charge < -0.3 is 5.73 Å². The van der Waals surface area contributed by atoms with Crippen LogP contribution in [0.4, 0.5) is 4.39 Å². The zero-order chi connectivity index (χ0) is 12.4. The SMILES string of the molecule is Cc1cc(C(N)C2CCC(C)CC2)ccc1F. The molecule has 0 amide bonds. The summed E-state index contributed by atoms with van der Waals surface area (Å²) in [6.45, 7) is 4.11. The molecule has 0 aliphatic heterocycles. The van der Waals surface area contributed by atoms with Crippen molar-refractivity contribution in [3.63, 3.8) is 0 Å². The number of rotatable bonds is 2. The molecule has 0 spiro atoms. The van der Waals surface area contributed by atoms with E-state index >= 15 is 0 Å². The highest BCUT2D eigenvalue weighted by molar-refractivity contribution is 5.26. The van der Waals surface area contributed by atoms with Crippen LogP contribution in [0.25, 0.3) is 0 Å². The summed E-state index contributed by atoms with van der Waals surface area (Å²) in [4.78, 5) is 0. The Bertz CT molecular complexity index is 381. The maximum Gasteiger partial charge on any atom is 0.126 e. The standard InChI is InChI=1S/C15H22FN/c1-10-3-5-12(6-4-10)15(17)13-7-8-14(16)11(2)9-13/h7-10,12,15H,3-6,17H2,1-2H3. The van der Waals surface area contributed by atoms with Crippen molar-refractivity contribution in [2.24, 2.45) is 17.6 Å². The van der Waals surface area contributed by atoms with E-state index in [0.29, 0.717) is 11.5 Å². The van der Waals surface area contributed by atoms with Crippen molar-refractivity contribution in [3.8, 4) is 0 Å². The van der Waals surface area contributed by atoms with Crippen LogP contribution in [0.15, 0.2) is 18.2 Å². The average molecular weight is 235 g/mol. The number of nitrogens with two attached hydrogens (primary N) is 1. The first kappa shape index (κ1) is 12.6. The number of aryl methyl sites for hydroxylation is 1. The molecule has 1 saturated carbocycles. The fraction of sp³-hybridized carbons (Fsp3) is 0.600. The molecule has 94 valence electrons. The van der Waals surface area contributed by atoms with Crippen molar-refractivity contribution in [1.29, 1.82) is 0 Å². The van der Waals surface area contributed by atoms with Gasteiger partial charge in [0.25, 0.3) is 0 Å². The van der Waals surface area contributed by atoms with Gasteiger partial charge in [-0.2, -0.15) is 0 Å². The molecule has 1 aliphatic carbocycles. The maximum atomic E-state index is 13.2. The number of benzene rings is 1. The van der Waals surface area contributed by atoms with Crippen molar-refractivity contribution >= 4 is 0 Å². The lowest BCUT2D eigenvalue weighted by Crippen LogP contribution is -2.25. The van der Waals surface area contributed by atoms with Crippen molar-refractivity contribution in [2.45, 2.75) is 45.6 Å². The van der Waals surface area contributed by atoms with Gasteiger partial charge in [0.2, 0.25) is 0 Å². The molecule has 17 heavy (non-hydrogen) atoms. The normalized spacial score (nSPS) is 26.8. The lowest BCUT2D eigenvalue weighted by Gasteiger charge is -2.31. The summed E-state index contributed by atoms with van der Waals surface area (Å²) in [7, 11) is 0. The molecule has 1 nitrogen and oxygen atoms in total. The molecule has 0 bridgehead atoms. The molecule has 0 saturated heterocycles. The Balaban J connectivity index is 2.08. The largest absolute Gasteiger partial charge is 0.324 e. The third-order valence-electron chi connectivity index (χ3n) is 4.14. The molecule has 0 radical (unpaired) electrons. The van der Waals surface area contributed by atoms with E-state index < -0.39 is 0 Å². The van der Waals surface area contributed by atoms with Crippen molar-refractivity contribution < 1.29 is 4.39 Å². The fourth-order valence-corrected chi connectivity index (χ4v) is 2.79. The van der Waals surface area contributed by atoms with Gasteiger partial charge >= 0.3 is 0 Å². The van der Waals surface area contributed by atoms with Crippen LogP contribution in [0.1, 0.15) is 49.8 Å². The summed E-state index contributed by atoms with van der Waals surface area (Å²) in [5, 5.41) is 0. The van der Waals surface area contributed by atoms with E-state index in [9.17, 15) is 4.39 Å². The van der Waals surface area contributed by atoms with Gasteiger partial charge in [0.05, 0.1) is 0 Å². The van der Waals surface area contributed by atoms with Crippen molar-refractivity contribution in [3.05, 3.63) is 35.1 Å². The van der Waals surface area contributed by atoms with Crippen LogP contribution in [0.2, 0.25) is 0 Å². The molecular weight excluding hydrogens is 213 g/mol. The molecule has 1 unspecified atom stereocenters. The predicted molar refractivity (Wildman–Crippen MR) is 69.2 cm³/mol. The smallest absolute Gasteiger partial charge is 0.126 e. The van der Waals surface area contributed by atoms with E-state index in [-0.39, 0.29) is 11.9 Å². The van der Waals surface area contributed by atoms with Gasteiger partial charge in [0.1, 0.15) is 5.82 Å². The van der Waals surface area contributed by atoms with Gasteiger partial charge in [0.15, 0.2) is 0 Å². The average Bonchev–Trinajstić information content (AvgIpc) is 2.33. The molecule has 1 fully saturated rings. The lowest BCUT2D eigenvalue weighted by molar-refractivity contribution is 0.256. The van der Waals surface area contributed by atoms with Gasteiger partial charge in [-0.25, -0.2) is 4.39 Å². The Morgan fingerprint density at radius 1 is 1.24 bits per heavy atom. The Labute approximate surface area is 103 Å². The van der Waals surface area contributed by atoms with Crippen LogP contribution < -0.4 is 5.73 Å². The van der Waals surface area contributed by atoms with Gasteiger partial charge in [-0.05, 0) is 48.8 Å². The quantitative estimate of drug-likeness (QED) is 0.825. The predicted octanol–water partition coefficient (Wildman–Crippen LogP) is 3.96. The zero-order valence-electron chi connectivity index (χ0n) is 10.7. The van der Waals surface area contributed by atoms with Gasteiger partial charge in [-0.1, -0.05) is 31.9 Å². The Kier molecular flexibility index (Phi) is 3.82. The van der Waals surface area contributed by atoms with Crippen LogP contribution >= 0.6 is 0 Å². The minimum atomic E-state index is -0.141. The molecule has 1 aliphatic rings. The van der Waals surface area contributed by atoms with E-state index in [4.69, 9.17) is 5.73 Å².